The van der Waals surface area contributed by atoms with Crippen LogP contribution < -0.4 is 5.32 Å². The summed E-state index contributed by atoms with van der Waals surface area (Å²) in [6.07, 6.45) is -4.15. The number of nitrogens with zero attached hydrogens (tertiary/aromatic N) is 2. The van der Waals surface area contributed by atoms with E-state index in [4.69, 9.17) is 0 Å². The van der Waals surface area contributed by atoms with Crippen molar-refractivity contribution < 1.29 is 27.6 Å². The van der Waals surface area contributed by atoms with Crippen LogP contribution in [0.1, 0.15) is 33.1 Å². The first-order chi connectivity index (χ1) is 11.1. The Labute approximate surface area is 138 Å². The fourth-order valence-corrected chi connectivity index (χ4v) is 3.17. The van der Waals surface area contributed by atoms with E-state index in [1.165, 1.54) is 0 Å². The van der Waals surface area contributed by atoms with E-state index in [0.29, 0.717) is 6.54 Å². The van der Waals surface area contributed by atoms with Gasteiger partial charge >= 0.3 is 12.1 Å². The zero-order chi connectivity index (χ0) is 18.1. The van der Waals surface area contributed by atoms with Gasteiger partial charge in [-0.3, -0.25) is 14.4 Å². The van der Waals surface area contributed by atoms with Gasteiger partial charge in [0, 0.05) is 38.1 Å². The minimum absolute atomic E-state index is 0.0404. The van der Waals surface area contributed by atoms with Crippen LogP contribution in [0.2, 0.25) is 0 Å². The molecule has 0 saturated carbocycles. The Morgan fingerprint density at radius 2 is 1.79 bits per heavy atom. The summed E-state index contributed by atoms with van der Waals surface area (Å²) in [7, 11) is 0. The summed E-state index contributed by atoms with van der Waals surface area (Å²) in [4.78, 5) is 38.5. The van der Waals surface area contributed by atoms with Crippen LogP contribution in [-0.4, -0.2) is 65.4 Å². The molecule has 2 rings (SSSR count). The van der Waals surface area contributed by atoms with Crippen molar-refractivity contribution in [3.05, 3.63) is 0 Å². The Kier molecular flexibility index (Phi) is 5.39. The number of likely N-dealkylation sites (tertiary alicyclic amines) is 2. The fourth-order valence-electron chi connectivity index (χ4n) is 3.17. The lowest BCUT2D eigenvalue weighted by Gasteiger charge is -2.34. The summed E-state index contributed by atoms with van der Waals surface area (Å²) < 4.78 is 36.7. The molecule has 2 fully saturated rings. The van der Waals surface area contributed by atoms with E-state index in [2.05, 4.69) is 0 Å². The average molecular weight is 349 g/mol. The van der Waals surface area contributed by atoms with Gasteiger partial charge in [0.2, 0.25) is 11.8 Å². The maximum Gasteiger partial charge on any atom is 0.471 e. The number of hydrogen-bond donors (Lipinski definition) is 1. The molecule has 0 aliphatic carbocycles. The minimum Gasteiger partial charge on any atom is -0.345 e. The second-order valence-electron chi connectivity index (χ2n) is 6.61. The van der Waals surface area contributed by atoms with Crippen molar-refractivity contribution in [3.8, 4) is 0 Å². The molecule has 2 aliphatic rings. The third-order valence-electron chi connectivity index (χ3n) is 4.53. The van der Waals surface area contributed by atoms with Crippen LogP contribution in [0.5, 0.6) is 0 Å². The molecule has 24 heavy (non-hydrogen) atoms. The maximum absolute atomic E-state index is 12.5. The van der Waals surface area contributed by atoms with E-state index < -0.39 is 18.1 Å². The molecule has 2 heterocycles. The average Bonchev–Trinajstić information content (AvgIpc) is 2.88. The number of nitrogens with one attached hydrogen (secondary N) is 1. The largest absolute Gasteiger partial charge is 0.471 e. The van der Waals surface area contributed by atoms with Crippen molar-refractivity contribution in [2.24, 2.45) is 5.92 Å². The van der Waals surface area contributed by atoms with Crippen LogP contribution >= 0.6 is 0 Å². The Balaban J connectivity index is 1.83. The third kappa shape index (κ3) is 4.18. The van der Waals surface area contributed by atoms with Gasteiger partial charge in [0.05, 0.1) is 5.92 Å². The molecule has 0 aromatic heterocycles. The molecule has 0 radical (unpaired) electrons. The molecule has 6 nitrogen and oxygen atoms in total. The van der Waals surface area contributed by atoms with E-state index >= 15 is 0 Å². The van der Waals surface area contributed by atoms with Crippen molar-refractivity contribution in [2.75, 3.05) is 19.6 Å². The first kappa shape index (κ1) is 18.5. The molecule has 1 N–H and O–H groups in total. The normalized spacial score (nSPS) is 23.1. The van der Waals surface area contributed by atoms with E-state index in [0.717, 1.165) is 0 Å². The van der Waals surface area contributed by atoms with Gasteiger partial charge in [-0.15, -0.1) is 0 Å². The molecular formula is C15H22F3N3O3. The third-order valence-corrected chi connectivity index (χ3v) is 4.53. The van der Waals surface area contributed by atoms with E-state index in [9.17, 15) is 27.6 Å². The van der Waals surface area contributed by atoms with Crippen LogP contribution in [0.25, 0.3) is 0 Å². The lowest BCUT2D eigenvalue weighted by Crippen LogP contribution is -2.50. The van der Waals surface area contributed by atoms with Gasteiger partial charge in [-0.1, -0.05) is 0 Å². The van der Waals surface area contributed by atoms with Gasteiger partial charge in [0.25, 0.3) is 0 Å². The van der Waals surface area contributed by atoms with Crippen molar-refractivity contribution in [1.82, 2.24) is 15.1 Å². The molecule has 0 aromatic rings. The molecule has 0 aromatic carbocycles. The first-order valence-corrected chi connectivity index (χ1v) is 8.05. The lowest BCUT2D eigenvalue weighted by atomic mass is 10.0. The highest BCUT2D eigenvalue weighted by atomic mass is 19.4. The summed E-state index contributed by atoms with van der Waals surface area (Å²) >= 11 is 0. The second-order valence-corrected chi connectivity index (χ2v) is 6.61. The second kappa shape index (κ2) is 6.98. The summed E-state index contributed by atoms with van der Waals surface area (Å²) in [5, 5.41) is 1.95. The predicted octanol–water partition coefficient (Wildman–Crippen LogP) is 0.913. The molecule has 2 saturated heterocycles. The van der Waals surface area contributed by atoms with Crippen LogP contribution in [0.3, 0.4) is 0 Å². The maximum atomic E-state index is 12.5. The Morgan fingerprint density at radius 3 is 2.25 bits per heavy atom. The zero-order valence-electron chi connectivity index (χ0n) is 13.7. The van der Waals surface area contributed by atoms with Crippen LogP contribution in [0.4, 0.5) is 13.2 Å². The first-order valence-electron chi connectivity index (χ1n) is 8.05. The molecule has 0 bridgehead atoms. The number of carbonyl (C=O) groups is 3. The number of alkyl halides is 3. The summed E-state index contributed by atoms with van der Waals surface area (Å²) in [6, 6.07) is -0.542. The minimum atomic E-state index is -4.89. The van der Waals surface area contributed by atoms with Gasteiger partial charge < -0.3 is 15.1 Å². The van der Waals surface area contributed by atoms with Gasteiger partial charge in [-0.2, -0.15) is 13.2 Å². The standard InChI is InChI=1S/C15H22F3N3O3/c1-9(2)21-8-10(7-12(21)22)13(23)20-5-3-11(4-6-20)19-14(24)15(16,17)18/h9-11H,3-8H2,1-2H3,(H,19,24). The molecule has 3 amide bonds. The van der Waals surface area contributed by atoms with Crippen molar-refractivity contribution in [1.29, 1.82) is 0 Å². The Bertz CT molecular complexity index is 514. The molecular weight excluding hydrogens is 327 g/mol. The fraction of sp³-hybridized carbons (Fsp3) is 0.800. The van der Waals surface area contributed by atoms with E-state index in [-0.39, 0.29) is 56.1 Å². The van der Waals surface area contributed by atoms with Crippen LogP contribution in [0.15, 0.2) is 0 Å². The number of carbonyl (C=O) groups excluding carboxylic acids is 3. The molecule has 1 unspecified atom stereocenters. The highest BCUT2D eigenvalue weighted by Gasteiger charge is 2.41. The highest BCUT2D eigenvalue weighted by Crippen LogP contribution is 2.24. The molecule has 0 spiro atoms. The summed E-state index contributed by atoms with van der Waals surface area (Å²) in [5.41, 5.74) is 0. The molecule has 9 heteroatoms. The monoisotopic (exact) mass is 349 g/mol. The predicted molar refractivity (Wildman–Crippen MR) is 78.8 cm³/mol. The highest BCUT2D eigenvalue weighted by molar-refractivity contribution is 5.89. The quantitative estimate of drug-likeness (QED) is 0.824. The van der Waals surface area contributed by atoms with Crippen molar-refractivity contribution in [3.63, 3.8) is 0 Å². The number of rotatable bonds is 3. The number of piperidine rings is 1. The number of hydrogen-bond acceptors (Lipinski definition) is 3. The molecule has 1 atom stereocenters. The van der Waals surface area contributed by atoms with Crippen LogP contribution in [0, 0.1) is 5.92 Å². The van der Waals surface area contributed by atoms with Gasteiger partial charge in [0.1, 0.15) is 0 Å². The van der Waals surface area contributed by atoms with E-state index in [1.54, 1.807) is 9.80 Å². The van der Waals surface area contributed by atoms with Gasteiger partial charge in [-0.25, -0.2) is 0 Å². The van der Waals surface area contributed by atoms with Crippen molar-refractivity contribution in [2.45, 2.75) is 51.4 Å². The van der Waals surface area contributed by atoms with Gasteiger partial charge in [0.15, 0.2) is 0 Å². The summed E-state index contributed by atoms with van der Waals surface area (Å²) in [6.45, 7) is 4.74. The Hall–Kier alpha value is -1.80. The number of halogens is 3. The number of amides is 3. The van der Waals surface area contributed by atoms with Crippen LogP contribution in [-0.2, 0) is 14.4 Å². The molecule has 136 valence electrons. The topological polar surface area (TPSA) is 69.7 Å². The van der Waals surface area contributed by atoms with Gasteiger partial charge in [-0.05, 0) is 26.7 Å². The smallest absolute Gasteiger partial charge is 0.345 e. The summed E-state index contributed by atoms with van der Waals surface area (Å²) in [5.74, 6) is -2.51. The molecule has 2 aliphatic heterocycles. The zero-order valence-corrected chi connectivity index (χ0v) is 13.7. The lowest BCUT2D eigenvalue weighted by molar-refractivity contribution is -0.174. The van der Waals surface area contributed by atoms with E-state index in [1.807, 2.05) is 19.2 Å². The van der Waals surface area contributed by atoms with Crippen molar-refractivity contribution >= 4 is 17.7 Å². The Morgan fingerprint density at radius 1 is 1.21 bits per heavy atom. The SMILES string of the molecule is CC(C)N1CC(C(=O)N2CCC(NC(=O)C(F)(F)F)CC2)CC1=O.